The van der Waals surface area contributed by atoms with E-state index in [1.165, 1.54) is 11.3 Å². The van der Waals surface area contributed by atoms with Crippen molar-refractivity contribution in [3.05, 3.63) is 34.3 Å². The van der Waals surface area contributed by atoms with Gasteiger partial charge in [-0.3, -0.25) is 4.79 Å². The fraction of sp³-hybridized carbons (Fsp3) is 0.417. The van der Waals surface area contributed by atoms with Crippen LogP contribution >= 0.6 is 11.3 Å². The third-order valence-electron chi connectivity index (χ3n) is 2.53. The van der Waals surface area contributed by atoms with Gasteiger partial charge < -0.3 is 10.3 Å². The molecule has 0 radical (unpaired) electrons. The Bertz CT molecular complexity index is 544. The van der Waals surface area contributed by atoms with Gasteiger partial charge in [0.05, 0.1) is 6.04 Å². The van der Waals surface area contributed by atoms with E-state index < -0.39 is 0 Å². The Kier molecular flexibility index (Phi) is 3.88. The SMILES string of the molecule is CCCn1ccnc1C(=O)c1csc(C(C)N)n1. The van der Waals surface area contributed by atoms with E-state index in [9.17, 15) is 4.79 Å². The van der Waals surface area contributed by atoms with E-state index in [1.54, 1.807) is 11.6 Å². The van der Waals surface area contributed by atoms with Crippen molar-refractivity contribution < 1.29 is 4.79 Å². The molecule has 0 saturated heterocycles. The number of carbonyl (C=O) groups is 1. The molecule has 0 amide bonds. The summed E-state index contributed by atoms with van der Waals surface area (Å²) < 4.78 is 1.85. The third kappa shape index (κ3) is 2.49. The Morgan fingerprint density at radius 2 is 2.39 bits per heavy atom. The van der Waals surface area contributed by atoms with Crippen molar-refractivity contribution in [2.45, 2.75) is 32.9 Å². The first-order valence-corrected chi connectivity index (χ1v) is 6.78. The molecule has 0 aromatic carbocycles. The number of hydrogen-bond donors (Lipinski definition) is 1. The predicted molar refractivity (Wildman–Crippen MR) is 70.7 cm³/mol. The molecular weight excluding hydrogens is 248 g/mol. The number of carbonyl (C=O) groups excluding carboxylic acids is 1. The van der Waals surface area contributed by atoms with Crippen molar-refractivity contribution in [3.63, 3.8) is 0 Å². The molecule has 1 atom stereocenters. The van der Waals surface area contributed by atoms with Crippen molar-refractivity contribution >= 4 is 17.1 Å². The highest BCUT2D eigenvalue weighted by Gasteiger charge is 2.18. The van der Waals surface area contributed by atoms with Crippen molar-refractivity contribution in [1.29, 1.82) is 0 Å². The number of thiazole rings is 1. The number of nitrogens with two attached hydrogens (primary N) is 1. The third-order valence-corrected chi connectivity index (χ3v) is 3.57. The molecule has 1 unspecified atom stereocenters. The van der Waals surface area contributed by atoms with Crippen molar-refractivity contribution in [1.82, 2.24) is 14.5 Å². The number of hydrogen-bond acceptors (Lipinski definition) is 5. The van der Waals surface area contributed by atoms with Gasteiger partial charge in [-0.25, -0.2) is 9.97 Å². The van der Waals surface area contributed by atoms with Gasteiger partial charge in [0.2, 0.25) is 5.78 Å². The van der Waals surface area contributed by atoms with Crippen LogP contribution in [-0.2, 0) is 6.54 Å². The molecule has 2 N–H and O–H groups in total. The number of imidazole rings is 1. The molecule has 0 spiro atoms. The van der Waals surface area contributed by atoms with E-state index in [0.717, 1.165) is 18.0 Å². The van der Waals surface area contributed by atoms with E-state index in [4.69, 9.17) is 5.73 Å². The maximum atomic E-state index is 12.3. The summed E-state index contributed by atoms with van der Waals surface area (Å²) in [6.45, 7) is 4.70. The Hall–Kier alpha value is -1.53. The summed E-state index contributed by atoms with van der Waals surface area (Å²) >= 11 is 1.41. The molecule has 2 heterocycles. The van der Waals surface area contributed by atoms with Gasteiger partial charge in [-0.15, -0.1) is 11.3 Å². The van der Waals surface area contributed by atoms with Crippen LogP contribution < -0.4 is 5.73 Å². The lowest BCUT2D eigenvalue weighted by Crippen LogP contribution is -2.12. The number of ketones is 1. The summed E-state index contributed by atoms with van der Waals surface area (Å²) in [5, 5.41) is 2.51. The summed E-state index contributed by atoms with van der Waals surface area (Å²) in [4.78, 5) is 20.6. The highest BCUT2D eigenvalue weighted by molar-refractivity contribution is 7.09. The Balaban J connectivity index is 2.27. The largest absolute Gasteiger partial charge is 0.328 e. The average Bonchev–Trinajstić information content (AvgIpc) is 2.97. The lowest BCUT2D eigenvalue weighted by Gasteiger charge is -2.03. The highest BCUT2D eigenvalue weighted by Crippen LogP contribution is 2.18. The molecule has 0 aliphatic rings. The lowest BCUT2D eigenvalue weighted by atomic mass is 10.3. The number of aromatic nitrogens is 3. The lowest BCUT2D eigenvalue weighted by molar-refractivity contribution is 0.102. The van der Waals surface area contributed by atoms with Crippen LogP contribution in [-0.4, -0.2) is 20.3 Å². The molecule has 18 heavy (non-hydrogen) atoms. The smallest absolute Gasteiger partial charge is 0.247 e. The molecule has 0 fully saturated rings. The highest BCUT2D eigenvalue weighted by atomic mass is 32.1. The Labute approximate surface area is 110 Å². The molecule has 0 bridgehead atoms. The molecule has 0 aliphatic carbocycles. The second-order valence-corrected chi connectivity index (χ2v) is 5.02. The molecule has 96 valence electrons. The minimum atomic E-state index is -0.146. The normalized spacial score (nSPS) is 12.6. The van der Waals surface area contributed by atoms with Crippen molar-refractivity contribution in [3.8, 4) is 0 Å². The molecule has 5 nitrogen and oxygen atoms in total. The van der Waals surface area contributed by atoms with Gasteiger partial charge in [0.25, 0.3) is 0 Å². The standard InChI is InChI=1S/C12H16N4OS/c1-3-5-16-6-4-14-11(16)10(17)9-7-18-12(15-9)8(2)13/h4,6-8H,3,5,13H2,1-2H3. The molecule has 0 aliphatic heterocycles. The minimum absolute atomic E-state index is 0.142. The predicted octanol–water partition coefficient (Wildman–Crippen LogP) is 2.00. The first kappa shape index (κ1) is 12.9. The van der Waals surface area contributed by atoms with Crippen LogP contribution in [0.25, 0.3) is 0 Å². The van der Waals surface area contributed by atoms with Crippen LogP contribution in [0.2, 0.25) is 0 Å². The molecule has 6 heteroatoms. The summed E-state index contributed by atoms with van der Waals surface area (Å²) in [6, 6.07) is -0.146. The van der Waals surface area contributed by atoms with Crippen LogP contribution in [0.1, 0.15) is 47.6 Å². The maximum absolute atomic E-state index is 12.3. The number of aryl methyl sites for hydroxylation is 1. The second kappa shape index (κ2) is 5.41. The van der Waals surface area contributed by atoms with E-state index in [-0.39, 0.29) is 11.8 Å². The van der Waals surface area contributed by atoms with Crippen LogP contribution in [0.4, 0.5) is 0 Å². The topological polar surface area (TPSA) is 73.8 Å². The fourth-order valence-corrected chi connectivity index (χ4v) is 2.41. The summed E-state index contributed by atoms with van der Waals surface area (Å²) in [5.41, 5.74) is 6.17. The molecule has 2 aromatic rings. The van der Waals surface area contributed by atoms with Gasteiger partial charge in [0.1, 0.15) is 10.7 Å². The number of nitrogens with zero attached hydrogens (tertiary/aromatic N) is 3. The van der Waals surface area contributed by atoms with Crippen LogP contribution in [0.15, 0.2) is 17.8 Å². The molecule has 0 saturated carbocycles. The monoisotopic (exact) mass is 264 g/mol. The first-order valence-electron chi connectivity index (χ1n) is 5.90. The van der Waals surface area contributed by atoms with Crippen molar-refractivity contribution in [2.24, 2.45) is 5.73 Å². The molecular formula is C12H16N4OS. The van der Waals surface area contributed by atoms with E-state index in [2.05, 4.69) is 16.9 Å². The van der Waals surface area contributed by atoms with E-state index in [1.807, 2.05) is 17.7 Å². The second-order valence-electron chi connectivity index (χ2n) is 4.13. The summed E-state index contributed by atoms with van der Waals surface area (Å²) in [5.74, 6) is 0.301. The zero-order chi connectivity index (χ0) is 13.1. The van der Waals surface area contributed by atoms with Crippen LogP contribution in [0.5, 0.6) is 0 Å². The van der Waals surface area contributed by atoms with E-state index in [0.29, 0.717) is 11.5 Å². The fourth-order valence-electron chi connectivity index (χ4n) is 1.66. The van der Waals surface area contributed by atoms with Gasteiger partial charge >= 0.3 is 0 Å². The van der Waals surface area contributed by atoms with Gasteiger partial charge in [0, 0.05) is 24.3 Å². The van der Waals surface area contributed by atoms with Crippen LogP contribution in [0.3, 0.4) is 0 Å². The van der Waals surface area contributed by atoms with E-state index >= 15 is 0 Å². The van der Waals surface area contributed by atoms with Crippen molar-refractivity contribution in [2.75, 3.05) is 0 Å². The minimum Gasteiger partial charge on any atom is -0.328 e. The zero-order valence-electron chi connectivity index (χ0n) is 10.5. The molecule has 2 aromatic heterocycles. The zero-order valence-corrected chi connectivity index (χ0v) is 11.3. The quantitative estimate of drug-likeness (QED) is 0.838. The summed E-state index contributed by atoms with van der Waals surface area (Å²) in [6.07, 6.45) is 4.41. The Morgan fingerprint density at radius 3 is 3.00 bits per heavy atom. The Morgan fingerprint density at radius 1 is 1.61 bits per heavy atom. The number of rotatable bonds is 5. The molecule has 2 rings (SSSR count). The average molecular weight is 264 g/mol. The van der Waals surface area contributed by atoms with Gasteiger partial charge in [-0.2, -0.15) is 0 Å². The van der Waals surface area contributed by atoms with Gasteiger partial charge in [-0.05, 0) is 13.3 Å². The maximum Gasteiger partial charge on any atom is 0.247 e. The summed E-state index contributed by atoms with van der Waals surface area (Å²) in [7, 11) is 0. The van der Waals surface area contributed by atoms with Gasteiger partial charge in [-0.1, -0.05) is 6.92 Å². The van der Waals surface area contributed by atoms with Crippen LogP contribution in [0, 0.1) is 0 Å². The van der Waals surface area contributed by atoms with Gasteiger partial charge in [0.15, 0.2) is 5.82 Å². The first-order chi connectivity index (χ1) is 8.63.